The van der Waals surface area contributed by atoms with E-state index in [0.717, 1.165) is 5.46 Å². The summed E-state index contributed by atoms with van der Waals surface area (Å²) in [4.78, 5) is 0. The molecule has 0 N–H and O–H groups in total. The first-order valence-corrected chi connectivity index (χ1v) is 5.00. The molecular weight excluding hydrogens is 155 g/mol. The van der Waals surface area contributed by atoms with Gasteiger partial charge in [-0.2, -0.15) is 0 Å². The first-order valence-electron chi connectivity index (χ1n) is 5.00. The van der Waals surface area contributed by atoms with Gasteiger partial charge in [0.05, 0.1) is 0 Å². The first-order chi connectivity index (χ1) is 6.13. The smallest absolute Gasteiger partial charge is 0.0901 e. The molecule has 0 saturated carbocycles. The van der Waals surface area contributed by atoms with Crippen LogP contribution in [0.2, 0.25) is 0 Å². The lowest BCUT2D eigenvalue weighted by Crippen LogP contribution is -2.17. The third kappa shape index (κ3) is 1.13. The molecule has 0 atom stereocenters. The average Bonchev–Trinajstić information content (AvgIpc) is 2.59. The zero-order valence-corrected chi connectivity index (χ0v) is 8.70. The van der Waals surface area contributed by atoms with Crippen LogP contribution in [-0.2, 0) is 12.8 Å². The number of benzene rings is 1. The Balaban J connectivity index is 2.77. The van der Waals surface area contributed by atoms with Crippen LogP contribution in [0.15, 0.2) is 0 Å². The Bertz CT molecular complexity index is 329. The second kappa shape index (κ2) is 2.90. The normalized spacial score (nSPS) is 14.7. The molecule has 1 heteroatoms. The van der Waals surface area contributed by atoms with E-state index in [1.54, 1.807) is 0 Å². The summed E-state index contributed by atoms with van der Waals surface area (Å²) < 4.78 is 0. The highest BCUT2D eigenvalue weighted by atomic mass is 14.2. The molecule has 0 unspecified atom stereocenters. The van der Waals surface area contributed by atoms with Crippen molar-refractivity contribution in [2.45, 2.75) is 40.0 Å². The molecule has 0 bridgehead atoms. The predicted octanol–water partition coefficient (Wildman–Crippen LogP) is 1.89. The van der Waals surface area contributed by atoms with Crippen molar-refractivity contribution in [2.75, 3.05) is 0 Å². The summed E-state index contributed by atoms with van der Waals surface area (Å²) in [5, 5.41) is 0. The highest BCUT2D eigenvalue weighted by molar-refractivity contribution is 6.34. The molecule has 0 fully saturated rings. The van der Waals surface area contributed by atoms with Crippen molar-refractivity contribution < 1.29 is 0 Å². The van der Waals surface area contributed by atoms with Crippen molar-refractivity contribution in [3.8, 4) is 0 Å². The topological polar surface area (TPSA) is 0 Å². The molecule has 1 aromatic rings. The van der Waals surface area contributed by atoms with Crippen molar-refractivity contribution in [1.29, 1.82) is 0 Å². The quantitative estimate of drug-likeness (QED) is 0.521. The lowest BCUT2D eigenvalue weighted by molar-refractivity contribution is 0.910. The molecule has 0 aliphatic heterocycles. The van der Waals surface area contributed by atoms with Gasteiger partial charge in [0.15, 0.2) is 0 Å². The van der Waals surface area contributed by atoms with Gasteiger partial charge in [-0.3, -0.25) is 0 Å². The summed E-state index contributed by atoms with van der Waals surface area (Å²) in [5.41, 5.74) is 8.16. The zero-order valence-electron chi connectivity index (χ0n) is 8.70. The largest absolute Gasteiger partial charge is 0.114 e. The van der Waals surface area contributed by atoms with Crippen LogP contribution < -0.4 is 5.46 Å². The second-order valence-electron chi connectivity index (χ2n) is 4.10. The zero-order chi connectivity index (χ0) is 9.59. The number of rotatable bonds is 0. The molecule has 0 spiro atoms. The molecule has 1 aliphatic carbocycles. The molecule has 13 heavy (non-hydrogen) atoms. The minimum Gasteiger partial charge on any atom is -0.0901 e. The van der Waals surface area contributed by atoms with Crippen molar-refractivity contribution in [3.05, 3.63) is 27.8 Å². The van der Waals surface area contributed by atoms with Crippen molar-refractivity contribution >= 4 is 13.3 Å². The fourth-order valence-electron chi connectivity index (χ4n) is 2.39. The molecule has 0 nitrogen and oxygen atoms in total. The minimum atomic E-state index is 1.05. The summed E-state index contributed by atoms with van der Waals surface area (Å²) in [6.07, 6.45) is 3.69. The summed E-state index contributed by atoms with van der Waals surface area (Å²) >= 11 is 0. The monoisotopic (exact) mass is 170 g/mol. The summed E-state index contributed by atoms with van der Waals surface area (Å²) in [6.45, 7) is 6.54. The van der Waals surface area contributed by atoms with Crippen LogP contribution in [0.1, 0.15) is 34.2 Å². The van der Waals surface area contributed by atoms with Gasteiger partial charge >= 0.3 is 0 Å². The summed E-state index contributed by atoms with van der Waals surface area (Å²) in [6, 6.07) is 0. The molecule has 1 aromatic carbocycles. The first kappa shape index (κ1) is 8.86. The Morgan fingerprint density at radius 3 is 2.15 bits per heavy atom. The molecule has 0 amide bonds. The Labute approximate surface area is 81.8 Å². The molecule has 1 aliphatic rings. The van der Waals surface area contributed by atoms with Crippen LogP contribution in [0.25, 0.3) is 0 Å². The highest BCUT2D eigenvalue weighted by Gasteiger charge is 2.18. The average molecular weight is 170 g/mol. The van der Waals surface area contributed by atoms with E-state index < -0.39 is 0 Å². The molecule has 66 valence electrons. The fourth-order valence-corrected chi connectivity index (χ4v) is 2.39. The van der Waals surface area contributed by atoms with Crippen LogP contribution in [0.3, 0.4) is 0 Å². The van der Waals surface area contributed by atoms with E-state index in [-0.39, 0.29) is 0 Å². The van der Waals surface area contributed by atoms with Gasteiger partial charge in [-0.25, -0.2) is 0 Å². The van der Waals surface area contributed by atoms with Gasteiger partial charge in [0.1, 0.15) is 7.85 Å². The van der Waals surface area contributed by atoms with Crippen LogP contribution >= 0.6 is 0 Å². The van der Waals surface area contributed by atoms with Crippen molar-refractivity contribution in [3.63, 3.8) is 0 Å². The van der Waals surface area contributed by atoms with Gasteiger partial charge in [-0.1, -0.05) is 16.6 Å². The third-order valence-corrected chi connectivity index (χ3v) is 3.52. The van der Waals surface area contributed by atoms with E-state index in [1.165, 1.54) is 47.1 Å². The van der Waals surface area contributed by atoms with Crippen LogP contribution in [-0.4, -0.2) is 7.85 Å². The van der Waals surface area contributed by atoms with Gasteiger partial charge in [0.2, 0.25) is 0 Å². The van der Waals surface area contributed by atoms with Crippen LogP contribution in [0.5, 0.6) is 0 Å². The van der Waals surface area contributed by atoms with E-state index in [0.29, 0.717) is 0 Å². The van der Waals surface area contributed by atoms with E-state index in [1.807, 2.05) is 0 Å². The number of fused-ring (bicyclic) bond motifs is 1. The van der Waals surface area contributed by atoms with E-state index in [9.17, 15) is 0 Å². The Morgan fingerprint density at radius 2 is 1.46 bits per heavy atom. The van der Waals surface area contributed by atoms with Gasteiger partial charge in [0, 0.05) is 0 Å². The van der Waals surface area contributed by atoms with E-state index >= 15 is 0 Å². The lowest BCUT2D eigenvalue weighted by Gasteiger charge is -2.15. The maximum Gasteiger partial charge on any atom is 0.114 e. The Morgan fingerprint density at radius 1 is 0.846 bits per heavy atom. The molecular formula is C12H15B. The maximum atomic E-state index is 6.10. The summed E-state index contributed by atoms with van der Waals surface area (Å²) in [7, 11) is 6.10. The number of hydrogen-bond donors (Lipinski definition) is 0. The van der Waals surface area contributed by atoms with Crippen molar-refractivity contribution in [2.24, 2.45) is 0 Å². The summed E-state index contributed by atoms with van der Waals surface area (Å²) in [5.74, 6) is 0. The standard InChI is InChI=1S/C12H15B/c1-7-8(2)10-5-4-6-11(10)12(13)9(7)3/h4-6H2,1-3H3. The second-order valence-corrected chi connectivity index (χ2v) is 4.10. The highest BCUT2D eigenvalue weighted by Crippen LogP contribution is 2.27. The molecule has 0 heterocycles. The molecule has 0 saturated heterocycles. The molecule has 2 rings (SSSR count). The lowest BCUT2D eigenvalue weighted by atomic mass is 9.80. The Hall–Kier alpha value is -0.715. The van der Waals surface area contributed by atoms with E-state index in [4.69, 9.17) is 7.85 Å². The van der Waals surface area contributed by atoms with Gasteiger partial charge in [0.25, 0.3) is 0 Å². The van der Waals surface area contributed by atoms with Crippen LogP contribution in [0.4, 0.5) is 0 Å². The fraction of sp³-hybridized carbons (Fsp3) is 0.500. The molecule has 0 aromatic heterocycles. The predicted molar refractivity (Wildman–Crippen MR) is 58.1 cm³/mol. The Kier molecular flexibility index (Phi) is 1.98. The van der Waals surface area contributed by atoms with Gasteiger partial charge < -0.3 is 0 Å². The van der Waals surface area contributed by atoms with Gasteiger partial charge in [-0.05, 0) is 56.7 Å². The van der Waals surface area contributed by atoms with Crippen molar-refractivity contribution in [1.82, 2.24) is 0 Å². The number of hydrogen-bond acceptors (Lipinski definition) is 0. The molecule has 2 radical (unpaired) electrons. The third-order valence-electron chi connectivity index (χ3n) is 3.52. The minimum absolute atomic E-state index is 1.05. The van der Waals surface area contributed by atoms with Crippen LogP contribution in [0, 0.1) is 20.8 Å². The van der Waals surface area contributed by atoms with Gasteiger partial charge in [-0.15, -0.1) is 0 Å². The SMILES string of the molecule is [B]c1c(C)c(C)c(C)c2c1CCC2. The van der Waals surface area contributed by atoms with E-state index in [2.05, 4.69) is 20.8 Å². The maximum absolute atomic E-state index is 6.10.